The lowest BCUT2D eigenvalue weighted by molar-refractivity contribution is 0.0754. The monoisotopic (exact) mass is 313 g/mol. The summed E-state index contributed by atoms with van der Waals surface area (Å²) >= 11 is 13.2. The third-order valence-electron chi connectivity index (χ3n) is 2.74. The van der Waals surface area contributed by atoms with Crippen molar-refractivity contribution < 1.29 is 4.79 Å². The molecule has 1 heterocycles. The SMILES string of the molecule is CCN(Cc1ccc(Cl)s1)C(=O)c1ccc(Cl)cc1. The van der Waals surface area contributed by atoms with Gasteiger partial charge in [-0.15, -0.1) is 11.3 Å². The van der Waals surface area contributed by atoms with Gasteiger partial charge >= 0.3 is 0 Å². The second-order valence-electron chi connectivity index (χ2n) is 4.03. The number of carbonyl (C=O) groups excluding carboxylic acids is 1. The number of thiophene rings is 1. The molecule has 0 unspecified atom stereocenters. The molecule has 0 aliphatic rings. The van der Waals surface area contributed by atoms with E-state index in [1.54, 1.807) is 29.2 Å². The Morgan fingerprint density at radius 3 is 2.37 bits per heavy atom. The molecule has 0 bridgehead atoms. The lowest BCUT2D eigenvalue weighted by atomic mass is 10.2. The van der Waals surface area contributed by atoms with E-state index in [1.165, 1.54) is 11.3 Å². The summed E-state index contributed by atoms with van der Waals surface area (Å²) in [6, 6.07) is 10.7. The normalized spacial score (nSPS) is 10.5. The molecule has 19 heavy (non-hydrogen) atoms. The molecule has 0 fully saturated rings. The van der Waals surface area contributed by atoms with Crippen LogP contribution in [0.3, 0.4) is 0 Å². The fourth-order valence-corrected chi connectivity index (χ4v) is 2.96. The van der Waals surface area contributed by atoms with Gasteiger partial charge in [0.05, 0.1) is 10.9 Å². The van der Waals surface area contributed by atoms with Gasteiger partial charge in [-0.2, -0.15) is 0 Å². The molecule has 0 atom stereocenters. The highest BCUT2D eigenvalue weighted by Crippen LogP contribution is 2.23. The van der Waals surface area contributed by atoms with E-state index in [1.807, 2.05) is 19.1 Å². The number of hydrogen-bond donors (Lipinski definition) is 0. The molecule has 0 saturated heterocycles. The highest BCUT2D eigenvalue weighted by Gasteiger charge is 2.15. The number of nitrogens with zero attached hydrogens (tertiary/aromatic N) is 1. The summed E-state index contributed by atoms with van der Waals surface area (Å²) in [4.78, 5) is 15.2. The van der Waals surface area contributed by atoms with Crippen molar-refractivity contribution in [2.24, 2.45) is 0 Å². The molecule has 0 saturated carbocycles. The number of amides is 1. The Balaban J connectivity index is 2.12. The summed E-state index contributed by atoms with van der Waals surface area (Å²) in [5.74, 6) is 0.00342. The highest BCUT2D eigenvalue weighted by molar-refractivity contribution is 7.16. The molecule has 100 valence electrons. The van der Waals surface area contributed by atoms with Crippen LogP contribution >= 0.6 is 34.5 Å². The van der Waals surface area contributed by atoms with Gasteiger partial charge in [0.1, 0.15) is 0 Å². The van der Waals surface area contributed by atoms with Gasteiger partial charge in [0.25, 0.3) is 5.91 Å². The van der Waals surface area contributed by atoms with Gasteiger partial charge in [0, 0.05) is 22.0 Å². The average molecular weight is 314 g/mol. The van der Waals surface area contributed by atoms with E-state index in [-0.39, 0.29) is 5.91 Å². The van der Waals surface area contributed by atoms with Crippen molar-refractivity contribution in [3.63, 3.8) is 0 Å². The molecule has 0 N–H and O–H groups in total. The third-order valence-corrected chi connectivity index (χ3v) is 4.20. The van der Waals surface area contributed by atoms with Gasteiger partial charge in [0.2, 0.25) is 0 Å². The molecule has 1 amide bonds. The van der Waals surface area contributed by atoms with Crippen LogP contribution in [0.1, 0.15) is 22.2 Å². The first-order valence-corrected chi connectivity index (χ1v) is 7.46. The summed E-state index contributed by atoms with van der Waals surface area (Å²) in [6.07, 6.45) is 0. The fourth-order valence-electron chi connectivity index (χ4n) is 1.73. The van der Waals surface area contributed by atoms with Crippen LogP contribution < -0.4 is 0 Å². The zero-order valence-corrected chi connectivity index (χ0v) is 12.7. The smallest absolute Gasteiger partial charge is 0.254 e. The van der Waals surface area contributed by atoms with E-state index in [9.17, 15) is 4.79 Å². The highest BCUT2D eigenvalue weighted by atomic mass is 35.5. The van der Waals surface area contributed by atoms with Gasteiger partial charge in [-0.1, -0.05) is 23.2 Å². The zero-order chi connectivity index (χ0) is 13.8. The molecular formula is C14H13Cl2NOS. The number of rotatable bonds is 4. The van der Waals surface area contributed by atoms with Crippen molar-refractivity contribution >= 4 is 40.4 Å². The summed E-state index contributed by atoms with van der Waals surface area (Å²) in [5.41, 5.74) is 0.647. The number of carbonyl (C=O) groups is 1. The van der Waals surface area contributed by atoms with Gasteiger partial charge in [-0.25, -0.2) is 0 Å². The standard InChI is InChI=1S/C14H13Cl2NOS/c1-2-17(9-12-7-8-13(16)19-12)14(18)10-3-5-11(15)6-4-10/h3-8H,2,9H2,1H3. The Morgan fingerprint density at radius 1 is 1.16 bits per heavy atom. The van der Waals surface area contributed by atoms with Crippen LogP contribution in [0.5, 0.6) is 0 Å². The Labute approximate surface area is 126 Å². The minimum absolute atomic E-state index is 0.00342. The number of benzene rings is 1. The first kappa shape index (κ1) is 14.4. The van der Waals surface area contributed by atoms with Crippen LogP contribution in [0.4, 0.5) is 0 Å². The first-order chi connectivity index (χ1) is 9.10. The molecule has 0 aliphatic heterocycles. The Kier molecular flexibility index (Phi) is 4.86. The molecule has 0 aliphatic carbocycles. The van der Waals surface area contributed by atoms with Crippen LogP contribution in [0, 0.1) is 0 Å². The van der Waals surface area contributed by atoms with Crippen molar-refractivity contribution in [3.8, 4) is 0 Å². The zero-order valence-electron chi connectivity index (χ0n) is 10.4. The van der Waals surface area contributed by atoms with Gasteiger partial charge in [-0.05, 0) is 43.3 Å². The predicted octanol–water partition coefficient (Wildman–Crippen LogP) is 4.72. The topological polar surface area (TPSA) is 20.3 Å². The van der Waals surface area contributed by atoms with Crippen LogP contribution in [-0.4, -0.2) is 17.4 Å². The van der Waals surface area contributed by atoms with Crippen molar-refractivity contribution in [2.45, 2.75) is 13.5 Å². The maximum Gasteiger partial charge on any atom is 0.254 e. The molecule has 1 aromatic heterocycles. The van der Waals surface area contributed by atoms with E-state index < -0.39 is 0 Å². The van der Waals surface area contributed by atoms with Crippen LogP contribution in [-0.2, 0) is 6.54 Å². The van der Waals surface area contributed by atoms with E-state index in [2.05, 4.69) is 0 Å². The Bertz CT molecular complexity index is 565. The number of halogens is 2. The summed E-state index contributed by atoms with van der Waals surface area (Å²) in [7, 11) is 0. The maximum absolute atomic E-state index is 12.4. The maximum atomic E-state index is 12.4. The van der Waals surface area contributed by atoms with Crippen molar-refractivity contribution in [1.29, 1.82) is 0 Å². The molecule has 5 heteroatoms. The van der Waals surface area contributed by atoms with E-state index in [0.717, 1.165) is 9.21 Å². The van der Waals surface area contributed by atoms with Crippen LogP contribution in [0.15, 0.2) is 36.4 Å². The van der Waals surface area contributed by atoms with Gasteiger partial charge < -0.3 is 4.90 Å². The summed E-state index contributed by atoms with van der Waals surface area (Å²) in [5, 5.41) is 0.629. The first-order valence-electron chi connectivity index (χ1n) is 5.89. The second-order valence-corrected chi connectivity index (χ2v) is 6.27. The van der Waals surface area contributed by atoms with Crippen molar-refractivity contribution in [3.05, 3.63) is 56.2 Å². The molecular weight excluding hydrogens is 301 g/mol. The molecule has 0 radical (unpaired) electrons. The Morgan fingerprint density at radius 2 is 1.84 bits per heavy atom. The van der Waals surface area contributed by atoms with Gasteiger partial charge in [-0.3, -0.25) is 4.79 Å². The van der Waals surface area contributed by atoms with Crippen LogP contribution in [0.25, 0.3) is 0 Å². The van der Waals surface area contributed by atoms with Crippen molar-refractivity contribution in [1.82, 2.24) is 4.90 Å². The number of hydrogen-bond acceptors (Lipinski definition) is 2. The second kappa shape index (κ2) is 6.42. The predicted molar refractivity (Wildman–Crippen MR) is 81.2 cm³/mol. The van der Waals surface area contributed by atoms with Crippen LogP contribution in [0.2, 0.25) is 9.36 Å². The van der Waals surface area contributed by atoms with Crippen molar-refractivity contribution in [2.75, 3.05) is 6.54 Å². The third kappa shape index (κ3) is 3.72. The molecule has 2 nitrogen and oxygen atoms in total. The lowest BCUT2D eigenvalue weighted by Crippen LogP contribution is -2.29. The Hall–Kier alpha value is -1.03. The molecule has 2 aromatic rings. The molecule has 2 rings (SSSR count). The minimum Gasteiger partial charge on any atom is -0.334 e. The average Bonchev–Trinajstić information content (AvgIpc) is 2.81. The van der Waals surface area contributed by atoms with E-state index in [0.29, 0.717) is 23.7 Å². The fraction of sp³-hybridized carbons (Fsp3) is 0.214. The largest absolute Gasteiger partial charge is 0.334 e. The summed E-state index contributed by atoms with van der Waals surface area (Å²) < 4.78 is 0.741. The minimum atomic E-state index is 0.00342. The molecule has 0 spiro atoms. The lowest BCUT2D eigenvalue weighted by Gasteiger charge is -2.20. The summed E-state index contributed by atoms with van der Waals surface area (Å²) in [6.45, 7) is 3.19. The van der Waals surface area contributed by atoms with E-state index >= 15 is 0 Å². The van der Waals surface area contributed by atoms with Gasteiger partial charge in [0.15, 0.2) is 0 Å². The van der Waals surface area contributed by atoms with E-state index in [4.69, 9.17) is 23.2 Å². The quantitative estimate of drug-likeness (QED) is 0.800. The molecule has 1 aromatic carbocycles.